The van der Waals surface area contributed by atoms with E-state index in [1.165, 1.54) is 11.8 Å². The third-order valence-electron chi connectivity index (χ3n) is 1.54. The minimum atomic E-state index is 0.336. The van der Waals surface area contributed by atoms with E-state index in [0.29, 0.717) is 22.5 Å². The zero-order valence-electron chi connectivity index (χ0n) is 7.90. The molecule has 0 aliphatic heterocycles. The van der Waals surface area contributed by atoms with E-state index in [9.17, 15) is 0 Å². The molecule has 0 aliphatic carbocycles. The van der Waals surface area contributed by atoms with Crippen LogP contribution in [-0.2, 0) is 0 Å². The molecule has 0 radical (unpaired) electrons. The van der Waals surface area contributed by atoms with Crippen molar-refractivity contribution in [2.24, 2.45) is 0 Å². The second kappa shape index (κ2) is 3.69. The van der Waals surface area contributed by atoms with Crippen molar-refractivity contribution in [3.63, 3.8) is 0 Å². The molecule has 0 unspecified atom stereocenters. The highest BCUT2D eigenvalue weighted by Crippen LogP contribution is 2.25. The van der Waals surface area contributed by atoms with E-state index < -0.39 is 0 Å². The highest BCUT2D eigenvalue weighted by Gasteiger charge is 2.09. The minimum Gasteiger partial charge on any atom is -0.393 e. The van der Waals surface area contributed by atoms with Gasteiger partial charge in [0.2, 0.25) is 0 Å². The Kier molecular flexibility index (Phi) is 2.82. The Balaban J connectivity index is 3.25. The molecule has 0 atom stereocenters. The van der Waals surface area contributed by atoms with E-state index in [0.717, 1.165) is 0 Å². The first kappa shape index (κ1) is 9.91. The van der Waals surface area contributed by atoms with Crippen LogP contribution in [-0.4, -0.2) is 30.3 Å². The molecule has 4 N–H and O–H groups in total. The monoisotopic (exact) mass is 199 g/mol. The van der Waals surface area contributed by atoms with E-state index >= 15 is 0 Å². The van der Waals surface area contributed by atoms with Gasteiger partial charge in [0.1, 0.15) is 5.69 Å². The summed E-state index contributed by atoms with van der Waals surface area (Å²) in [4.78, 5) is 10.0. The van der Waals surface area contributed by atoms with Crippen molar-refractivity contribution in [1.82, 2.24) is 9.97 Å². The summed E-state index contributed by atoms with van der Waals surface area (Å²) < 4.78 is 0. The van der Waals surface area contributed by atoms with Crippen LogP contribution in [0.1, 0.15) is 0 Å². The van der Waals surface area contributed by atoms with Gasteiger partial charge >= 0.3 is 0 Å². The number of anilines is 3. The molecule has 6 heteroatoms. The van der Waals surface area contributed by atoms with Gasteiger partial charge in [-0.05, 0) is 6.26 Å². The molecular weight excluding hydrogens is 186 g/mol. The highest BCUT2D eigenvalue weighted by molar-refractivity contribution is 7.98. The summed E-state index contributed by atoms with van der Waals surface area (Å²) in [5.41, 5.74) is 11.8. The van der Waals surface area contributed by atoms with Crippen molar-refractivity contribution in [3.8, 4) is 0 Å². The first-order chi connectivity index (χ1) is 6.06. The van der Waals surface area contributed by atoms with Crippen LogP contribution in [0.3, 0.4) is 0 Å². The lowest BCUT2D eigenvalue weighted by molar-refractivity contribution is 0.941. The quantitative estimate of drug-likeness (QED) is 0.531. The van der Waals surface area contributed by atoms with Crippen molar-refractivity contribution in [1.29, 1.82) is 0 Å². The molecule has 1 aromatic rings. The summed E-state index contributed by atoms with van der Waals surface area (Å²) in [6, 6.07) is 0. The first-order valence-electron chi connectivity index (χ1n) is 3.70. The van der Waals surface area contributed by atoms with Crippen LogP contribution in [0.5, 0.6) is 0 Å². The second-order valence-electron chi connectivity index (χ2n) is 2.73. The molecule has 0 spiro atoms. The van der Waals surface area contributed by atoms with Crippen molar-refractivity contribution in [3.05, 3.63) is 0 Å². The molecule has 0 aliphatic rings. The Morgan fingerprint density at radius 1 is 1.23 bits per heavy atom. The number of nitrogens with two attached hydrogens (primary N) is 2. The highest BCUT2D eigenvalue weighted by atomic mass is 32.2. The van der Waals surface area contributed by atoms with Crippen LogP contribution in [0, 0.1) is 0 Å². The summed E-state index contributed by atoms with van der Waals surface area (Å²) >= 11 is 1.44. The molecule has 0 amide bonds. The van der Waals surface area contributed by atoms with Crippen molar-refractivity contribution in [2.75, 3.05) is 36.7 Å². The molecule has 0 fully saturated rings. The largest absolute Gasteiger partial charge is 0.393 e. The van der Waals surface area contributed by atoms with Gasteiger partial charge in [0.25, 0.3) is 0 Å². The molecule has 5 nitrogen and oxygen atoms in total. The lowest BCUT2D eigenvalue weighted by Crippen LogP contribution is -2.15. The predicted octanol–water partition coefficient (Wildman–Crippen LogP) is 0.429. The average Bonchev–Trinajstić information content (AvgIpc) is 2.09. The molecule has 0 bridgehead atoms. The number of nitrogens with zero attached hydrogens (tertiary/aromatic N) is 3. The van der Waals surface area contributed by atoms with Gasteiger partial charge in [-0.3, -0.25) is 0 Å². The molecule has 13 heavy (non-hydrogen) atoms. The van der Waals surface area contributed by atoms with Crippen LogP contribution < -0.4 is 16.4 Å². The maximum Gasteiger partial charge on any atom is 0.191 e. The predicted molar refractivity (Wildman–Crippen MR) is 57.0 cm³/mol. The lowest BCUT2D eigenvalue weighted by Gasteiger charge is -2.15. The van der Waals surface area contributed by atoms with Crippen LogP contribution in [0.25, 0.3) is 0 Å². The van der Waals surface area contributed by atoms with Gasteiger partial charge in [-0.2, -0.15) is 0 Å². The second-order valence-corrected chi connectivity index (χ2v) is 3.50. The molecule has 0 aromatic carbocycles. The molecule has 0 saturated heterocycles. The molecule has 0 saturated carbocycles. The number of aromatic nitrogens is 2. The number of thioether (sulfide) groups is 1. The number of nitrogen functional groups attached to an aromatic ring is 2. The first-order valence-corrected chi connectivity index (χ1v) is 4.93. The fraction of sp³-hybridized carbons (Fsp3) is 0.429. The fourth-order valence-electron chi connectivity index (χ4n) is 0.886. The van der Waals surface area contributed by atoms with E-state index in [1.54, 1.807) is 0 Å². The topological polar surface area (TPSA) is 81.1 Å². The summed E-state index contributed by atoms with van der Waals surface area (Å²) in [7, 11) is 3.73. The van der Waals surface area contributed by atoms with E-state index in [1.807, 2.05) is 25.3 Å². The third kappa shape index (κ3) is 1.95. The summed E-state index contributed by atoms with van der Waals surface area (Å²) in [6.07, 6.45) is 1.89. The van der Waals surface area contributed by atoms with Crippen molar-refractivity contribution in [2.45, 2.75) is 5.16 Å². The van der Waals surface area contributed by atoms with Gasteiger partial charge in [-0.1, -0.05) is 11.8 Å². The maximum atomic E-state index is 5.71. The number of hydrogen-bond donors (Lipinski definition) is 2. The Morgan fingerprint density at radius 3 is 2.31 bits per heavy atom. The van der Waals surface area contributed by atoms with Crippen LogP contribution >= 0.6 is 11.8 Å². The Bertz CT molecular complexity index is 312. The van der Waals surface area contributed by atoms with Gasteiger partial charge in [0, 0.05) is 14.1 Å². The fourth-order valence-corrected chi connectivity index (χ4v) is 1.25. The standard InChI is InChI=1S/C7H13N5S/c1-12(2)6-4(8)5(9)10-7(11-6)13-3/h8H2,1-3H3,(H2,9,10,11). The number of rotatable bonds is 2. The summed E-state index contributed by atoms with van der Waals surface area (Å²) in [6.45, 7) is 0. The zero-order valence-corrected chi connectivity index (χ0v) is 8.72. The van der Waals surface area contributed by atoms with Crippen LogP contribution in [0.2, 0.25) is 0 Å². The zero-order chi connectivity index (χ0) is 10.0. The van der Waals surface area contributed by atoms with Crippen molar-refractivity contribution < 1.29 is 0 Å². The van der Waals surface area contributed by atoms with Crippen LogP contribution in [0.4, 0.5) is 17.3 Å². The van der Waals surface area contributed by atoms with Crippen LogP contribution in [0.15, 0.2) is 5.16 Å². The Morgan fingerprint density at radius 2 is 1.85 bits per heavy atom. The SMILES string of the molecule is CSc1nc(N)c(N)c(N(C)C)n1. The van der Waals surface area contributed by atoms with E-state index in [2.05, 4.69) is 9.97 Å². The summed E-state index contributed by atoms with van der Waals surface area (Å²) in [5, 5.41) is 0.635. The molecule has 1 aromatic heterocycles. The Labute approximate surface area is 81.5 Å². The average molecular weight is 199 g/mol. The van der Waals surface area contributed by atoms with E-state index in [4.69, 9.17) is 11.5 Å². The summed E-state index contributed by atoms with van der Waals surface area (Å²) in [5.74, 6) is 1.000. The lowest BCUT2D eigenvalue weighted by atomic mass is 10.4. The molecular formula is C7H13N5S. The smallest absolute Gasteiger partial charge is 0.191 e. The van der Waals surface area contributed by atoms with E-state index in [-0.39, 0.29) is 0 Å². The van der Waals surface area contributed by atoms with Gasteiger partial charge in [0.15, 0.2) is 16.8 Å². The normalized spacial score (nSPS) is 10.1. The molecule has 1 heterocycles. The van der Waals surface area contributed by atoms with Gasteiger partial charge in [-0.15, -0.1) is 0 Å². The maximum absolute atomic E-state index is 5.71. The number of hydrogen-bond acceptors (Lipinski definition) is 6. The molecule has 1 rings (SSSR count). The van der Waals surface area contributed by atoms with Gasteiger partial charge < -0.3 is 16.4 Å². The minimum absolute atomic E-state index is 0.336. The third-order valence-corrected chi connectivity index (χ3v) is 2.09. The van der Waals surface area contributed by atoms with Gasteiger partial charge in [-0.25, -0.2) is 9.97 Å². The van der Waals surface area contributed by atoms with Gasteiger partial charge in [0.05, 0.1) is 0 Å². The Hall–Kier alpha value is -1.17. The van der Waals surface area contributed by atoms with Crippen molar-refractivity contribution >= 4 is 29.1 Å². The molecule has 72 valence electrons.